The lowest BCUT2D eigenvalue weighted by Crippen LogP contribution is -2.22. The summed E-state index contributed by atoms with van der Waals surface area (Å²) in [6, 6.07) is 6.21. The molecule has 0 aliphatic heterocycles. The summed E-state index contributed by atoms with van der Waals surface area (Å²) in [6.07, 6.45) is 1.36. The predicted molar refractivity (Wildman–Crippen MR) is 66.4 cm³/mol. The van der Waals surface area contributed by atoms with Crippen molar-refractivity contribution in [3.63, 3.8) is 0 Å². The number of hydrogen-bond acceptors (Lipinski definition) is 4. The molecule has 0 aromatic carbocycles. The maximum Gasteiger partial charge on any atom is 0.110 e. The third kappa shape index (κ3) is 3.93. The first-order chi connectivity index (χ1) is 7.67. The fraction of sp³-hybridized carbons (Fsp3) is 0.583. The molecule has 0 saturated heterocycles. The lowest BCUT2D eigenvalue weighted by atomic mass is 10.2. The van der Waals surface area contributed by atoms with Gasteiger partial charge in [-0.25, -0.2) is 0 Å². The number of thiophene rings is 1. The molecular formula is C12H18N2OS. The van der Waals surface area contributed by atoms with E-state index in [9.17, 15) is 5.11 Å². The van der Waals surface area contributed by atoms with Crippen LogP contribution >= 0.6 is 11.3 Å². The molecule has 0 spiro atoms. The van der Waals surface area contributed by atoms with Crippen LogP contribution in [0.5, 0.6) is 0 Å². The summed E-state index contributed by atoms with van der Waals surface area (Å²) >= 11 is 1.52. The third-order valence-corrected chi connectivity index (χ3v) is 3.74. The molecule has 0 aliphatic carbocycles. The van der Waals surface area contributed by atoms with Crippen molar-refractivity contribution >= 4 is 11.3 Å². The molecule has 0 aliphatic rings. The Morgan fingerprint density at radius 2 is 2.31 bits per heavy atom. The highest BCUT2D eigenvalue weighted by Gasteiger charge is 2.08. The van der Waals surface area contributed by atoms with Crippen molar-refractivity contribution in [1.82, 2.24) is 5.32 Å². The van der Waals surface area contributed by atoms with Crippen LogP contribution in [0.15, 0.2) is 12.1 Å². The summed E-state index contributed by atoms with van der Waals surface area (Å²) in [6.45, 7) is 4.85. The first-order valence-electron chi connectivity index (χ1n) is 5.58. The fourth-order valence-electron chi connectivity index (χ4n) is 1.42. The molecule has 0 saturated carbocycles. The van der Waals surface area contributed by atoms with Crippen LogP contribution in [0, 0.1) is 11.3 Å². The molecular weight excluding hydrogens is 220 g/mol. The van der Waals surface area contributed by atoms with Crippen molar-refractivity contribution < 1.29 is 5.11 Å². The Labute approximate surface area is 101 Å². The highest BCUT2D eigenvalue weighted by molar-refractivity contribution is 7.12. The van der Waals surface area contributed by atoms with Crippen LogP contribution in [0.2, 0.25) is 0 Å². The van der Waals surface area contributed by atoms with E-state index in [1.54, 1.807) is 0 Å². The molecule has 4 heteroatoms. The largest absolute Gasteiger partial charge is 0.393 e. The van der Waals surface area contributed by atoms with E-state index in [0.717, 1.165) is 24.3 Å². The van der Waals surface area contributed by atoms with Crippen molar-refractivity contribution in [3.05, 3.63) is 21.9 Å². The zero-order valence-corrected chi connectivity index (χ0v) is 10.5. The van der Waals surface area contributed by atoms with Crippen LogP contribution in [0.3, 0.4) is 0 Å². The normalized spacial score (nSPS) is 14.4. The molecule has 1 aromatic heterocycles. The van der Waals surface area contributed by atoms with Crippen molar-refractivity contribution in [2.75, 3.05) is 6.54 Å². The number of nitrogens with one attached hydrogen (secondary N) is 1. The second kappa shape index (κ2) is 6.64. The minimum Gasteiger partial charge on any atom is -0.393 e. The lowest BCUT2D eigenvalue weighted by molar-refractivity contribution is 0.159. The zero-order valence-electron chi connectivity index (χ0n) is 9.73. The minimum absolute atomic E-state index is 0.210. The first-order valence-corrected chi connectivity index (χ1v) is 6.40. The van der Waals surface area contributed by atoms with E-state index in [-0.39, 0.29) is 12.1 Å². The van der Waals surface area contributed by atoms with Gasteiger partial charge >= 0.3 is 0 Å². The Morgan fingerprint density at radius 1 is 1.56 bits per heavy atom. The Bertz CT molecular complexity index is 356. The molecule has 0 bridgehead atoms. The van der Waals surface area contributed by atoms with Gasteiger partial charge in [-0.3, -0.25) is 0 Å². The monoisotopic (exact) mass is 238 g/mol. The van der Waals surface area contributed by atoms with E-state index in [2.05, 4.69) is 18.3 Å². The predicted octanol–water partition coefficient (Wildman–Crippen LogP) is 2.43. The summed E-state index contributed by atoms with van der Waals surface area (Å²) in [4.78, 5) is 1.92. The van der Waals surface area contributed by atoms with Gasteiger partial charge in [0.1, 0.15) is 10.9 Å². The van der Waals surface area contributed by atoms with E-state index in [4.69, 9.17) is 5.26 Å². The van der Waals surface area contributed by atoms with Crippen LogP contribution in [0.4, 0.5) is 0 Å². The Kier molecular flexibility index (Phi) is 5.47. The van der Waals surface area contributed by atoms with Crippen LogP contribution in [-0.4, -0.2) is 17.8 Å². The average molecular weight is 238 g/mol. The van der Waals surface area contributed by atoms with Gasteiger partial charge in [-0.15, -0.1) is 11.3 Å². The van der Waals surface area contributed by atoms with Gasteiger partial charge < -0.3 is 10.4 Å². The number of rotatable bonds is 6. The molecule has 2 unspecified atom stereocenters. The number of nitrogens with zero attached hydrogens (tertiary/aromatic N) is 1. The highest BCUT2D eigenvalue weighted by Crippen LogP contribution is 2.22. The number of nitriles is 1. The molecule has 3 nitrogen and oxygen atoms in total. The smallest absolute Gasteiger partial charge is 0.110 e. The van der Waals surface area contributed by atoms with Gasteiger partial charge in [0.05, 0.1) is 6.10 Å². The van der Waals surface area contributed by atoms with Crippen molar-refractivity contribution in [1.29, 1.82) is 5.26 Å². The van der Waals surface area contributed by atoms with E-state index >= 15 is 0 Å². The first kappa shape index (κ1) is 13.2. The average Bonchev–Trinajstić information content (AvgIpc) is 2.77. The van der Waals surface area contributed by atoms with Crippen LogP contribution in [0.1, 0.15) is 42.5 Å². The van der Waals surface area contributed by atoms with Crippen molar-refractivity contribution in [2.45, 2.75) is 38.8 Å². The van der Waals surface area contributed by atoms with Gasteiger partial charge in [-0.1, -0.05) is 6.92 Å². The maximum atomic E-state index is 9.40. The zero-order chi connectivity index (χ0) is 12.0. The van der Waals surface area contributed by atoms with Crippen LogP contribution in [0.25, 0.3) is 0 Å². The van der Waals surface area contributed by atoms with Gasteiger partial charge in [-0.05, 0) is 38.4 Å². The molecule has 88 valence electrons. The Hall–Kier alpha value is -0.890. The SMILES string of the molecule is CCC(O)CCNC(C)c1ccc(C#N)s1. The fourth-order valence-corrected chi connectivity index (χ4v) is 2.25. The van der Waals surface area contributed by atoms with Gasteiger partial charge in [-0.2, -0.15) is 5.26 Å². The van der Waals surface area contributed by atoms with E-state index in [0.29, 0.717) is 0 Å². The molecule has 16 heavy (non-hydrogen) atoms. The Balaban J connectivity index is 2.35. The third-order valence-electron chi connectivity index (χ3n) is 2.56. The summed E-state index contributed by atoms with van der Waals surface area (Å²) in [5.41, 5.74) is 0. The molecule has 2 atom stereocenters. The second-order valence-corrected chi connectivity index (χ2v) is 4.96. The second-order valence-electron chi connectivity index (χ2n) is 3.84. The van der Waals surface area contributed by atoms with Crippen molar-refractivity contribution in [3.8, 4) is 6.07 Å². The molecule has 1 aromatic rings. The summed E-state index contributed by atoms with van der Waals surface area (Å²) < 4.78 is 0. The molecule has 1 rings (SSSR count). The number of aliphatic hydroxyl groups is 1. The van der Waals surface area contributed by atoms with Crippen molar-refractivity contribution in [2.24, 2.45) is 0 Å². The summed E-state index contributed by atoms with van der Waals surface area (Å²) in [5, 5.41) is 21.5. The molecule has 0 fully saturated rings. The quantitative estimate of drug-likeness (QED) is 0.800. The Morgan fingerprint density at radius 3 is 2.88 bits per heavy atom. The van der Waals surface area contributed by atoms with E-state index in [1.165, 1.54) is 16.2 Å². The number of hydrogen-bond donors (Lipinski definition) is 2. The minimum atomic E-state index is -0.210. The highest BCUT2D eigenvalue weighted by atomic mass is 32.1. The van der Waals surface area contributed by atoms with Gasteiger partial charge in [0.2, 0.25) is 0 Å². The molecule has 0 radical (unpaired) electrons. The van der Waals surface area contributed by atoms with E-state index < -0.39 is 0 Å². The van der Waals surface area contributed by atoms with Crippen LogP contribution < -0.4 is 5.32 Å². The topological polar surface area (TPSA) is 56.0 Å². The summed E-state index contributed by atoms with van der Waals surface area (Å²) in [7, 11) is 0. The molecule has 0 amide bonds. The van der Waals surface area contributed by atoms with Gasteiger partial charge in [0, 0.05) is 10.9 Å². The number of aliphatic hydroxyl groups excluding tert-OH is 1. The maximum absolute atomic E-state index is 9.40. The van der Waals surface area contributed by atoms with Gasteiger partial charge in [0.15, 0.2) is 0 Å². The van der Waals surface area contributed by atoms with E-state index in [1.807, 2.05) is 19.1 Å². The van der Waals surface area contributed by atoms with Gasteiger partial charge in [0.25, 0.3) is 0 Å². The van der Waals surface area contributed by atoms with Crippen LogP contribution in [-0.2, 0) is 0 Å². The molecule has 2 N–H and O–H groups in total. The molecule has 1 heterocycles. The standard InChI is InChI=1S/C12H18N2OS/c1-3-10(15)6-7-14-9(2)12-5-4-11(8-13)16-12/h4-5,9-10,14-15H,3,6-7H2,1-2H3. The lowest BCUT2D eigenvalue weighted by Gasteiger charge is -2.13. The summed E-state index contributed by atoms with van der Waals surface area (Å²) in [5.74, 6) is 0.